The number of pyridine rings is 3. The van der Waals surface area contributed by atoms with Gasteiger partial charge in [-0.3, -0.25) is 14.6 Å². The molecule has 4 aromatic heterocycles. The van der Waals surface area contributed by atoms with E-state index < -0.39 is 6.04 Å². The van der Waals surface area contributed by atoms with Crippen LogP contribution in [0.25, 0.3) is 32.9 Å². The second-order valence-corrected chi connectivity index (χ2v) is 15.7. The van der Waals surface area contributed by atoms with E-state index in [1.54, 1.807) is 17.3 Å². The van der Waals surface area contributed by atoms with Gasteiger partial charge in [-0.2, -0.15) is 0 Å². The van der Waals surface area contributed by atoms with Crippen LogP contribution in [0.3, 0.4) is 0 Å². The van der Waals surface area contributed by atoms with Crippen LogP contribution in [0.1, 0.15) is 60.1 Å². The number of unbranched alkanes of at least 4 members (excludes halogenated alkanes) is 1. The first-order valence-corrected chi connectivity index (χ1v) is 20.3. The summed E-state index contributed by atoms with van der Waals surface area (Å²) in [4.78, 5) is 46.3. The van der Waals surface area contributed by atoms with Gasteiger partial charge in [0.1, 0.15) is 29.7 Å². The number of nitrogens with zero attached hydrogens (tertiary/aromatic N) is 5. The van der Waals surface area contributed by atoms with Gasteiger partial charge in [0, 0.05) is 114 Å². The highest BCUT2D eigenvalue weighted by atomic mass is 16.5. The van der Waals surface area contributed by atoms with Gasteiger partial charge in [0.25, 0.3) is 5.91 Å². The maximum atomic E-state index is 13.1. The Morgan fingerprint density at radius 3 is 2.56 bits per heavy atom. The minimum atomic E-state index is -0.450. The molecule has 2 saturated heterocycles. The lowest BCUT2D eigenvalue weighted by molar-refractivity contribution is -0.126. The number of nitrogens with one attached hydrogen (secondary N) is 2. The van der Waals surface area contributed by atoms with Gasteiger partial charge in [0.05, 0.1) is 12.3 Å². The molecule has 6 aromatic rings. The third-order valence-corrected chi connectivity index (χ3v) is 11.7. The number of carbonyl (C=O) groups excluding carboxylic acids is 2. The summed E-state index contributed by atoms with van der Waals surface area (Å²) in [5.41, 5.74) is 8.41. The van der Waals surface area contributed by atoms with Crippen molar-refractivity contribution in [3.8, 4) is 34.6 Å². The maximum Gasteiger partial charge on any atom is 0.255 e. The van der Waals surface area contributed by atoms with E-state index in [4.69, 9.17) is 14.2 Å². The Morgan fingerprint density at radius 1 is 0.847 bits per heavy atom. The number of piperidine rings is 1. The van der Waals surface area contributed by atoms with Crippen LogP contribution in [0.2, 0.25) is 0 Å². The predicted octanol–water partition coefficient (Wildman–Crippen LogP) is 6.95. The number of rotatable bonds is 11. The van der Waals surface area contributed by atoms with Crippen LogP contribution in [-0.2, 0) is 16.1 Å². The lowest BCUT2D eigenvalue weighted by atomic mass is 9.92. The molecule has 3 aliphatic heterocycles. The molecule has 12 heteroatoms. The lowest BCUT2D eigenvalue weighted by Gasteiger charge is -2.40. The zero-order chi connectivity index (χ0) is 39.9. The van der Waals surface area contributed by atoms with E-state index in [2.05, 4.69) is 72.8 Å². The van der Waals surface area contributed by atoms with Crippen molar-refractivity contribution in [1.82, 2.24) is 30.2 Å². The number of aromatic amines is 1. The molecule has 10 rings (SSSR count). The van der Waals surface area contributed by atoms with Crippen LogP contribution in [0.4, 0.5) is 5.69 Å². The summed E-state index contributed by atoms with van der Waals surface area (Å²) >= 11 is 0. The Labute approximate surface area is 341 Å². The topological polar surface area (TPSA) is 135 Å². The largest absolute Gasteiger partial charge is 0.489 e. The highest BCUT2D eigenvalue weighted by Crippen LogP contribution is 2.34. The first kappa shape index (κ1) is 36.6. The average molecular weight is 786 g/mol. The molecule has 7 heterocycles. The van der Waals surface area contributed by atoms with Crippen molar-refractivity contribution in [3.05, 3.63) is 121 Å². The SMILES string of the molecule is C=C1CCC(N2Cc3cc(N4CC(OCCCC#Cc5ccc(OC6CC(Oc7ccc(-c8ccc9c(c8)[nH]c8ccncc89)cn7)C6)cn5)C4)ccc3C2=O)C(=O)N1. The van der Waals surface area contributed by atoms with Gasteiger partial charge >= 0.3 is 0 Å². The van der Waals surface area contributed by atoms with E-state index in [9.17, 15) is 9.59 Å². The molecule has 0 radical (unpaired) electrons. The zero-order valence-corrected chi connectivity index (χ0v) is 32.5. The van der Waals surface area contributed by atoms with Crippen molar-refractivity contribution in [2.24, 2.45) is 0 Å². The van der Waals surface area contributed by atoms with Gasteiger partial charge in [-0.25, -0.2) is 9.97 Å². The summed E-state index contributed by atoms with van der Waals surface area (Å²) in [7, 11) is 0. The predicted molar refractivity (Wildman–Crippen MR) is 224 cm³/mol. The van der Waals surface area contributed by atoms with Gasteiger partial charge in [-0.05, 0) is 84.8 Å². The monoisotopic (exact) mass is 785 g/mol. The molecular formula is C47H43N7O5. The second-order valence-electron chi connectivity index (χ2n) is 15.7. The van der Waals surface area contributed by atoms with Crippen molar-refractivity contribution < 1.29 is 23.8 Å². The first-order chi connectivity index (χ1) is 28.9. The quantitative estimate of drug-likeness (QED) is 0.106. The number of aromatic nitrogens is 4. The molecule has 1 atom stereocenters. The summed E-state index contributed by atoms with van der Waals surface area (Å²) in [5, 5.41) is 5.07. The van der Waals surface area contributed by atoms with Crippen molar-refractivity contribution in [1.29, 1.82) is 0 Å². The van der Waals surface area contributed by atoms with Gasteiger partial charge in [-0.15, -0.1) is 0 Å². The third kappa shape index (κ3) is 7.57. The lowest BCUT2D eigenvalue weighted by Crippen LogP contribution is -2.52. The Balaban J connectivity index is 0.614. The van der Waals surface area contributed by atoms with Crippen molar-refractivity contribution in [2.45, 2.75) is 69.4 Å². The fourth-order valence-electron chi connectivity index (χ4n) is 8.30. The van der Waals surface area contributed by atoms with E-state index in [1.807, 2.05) is 54.9 Å². The summed E-state index contributed by atoms with van der Waals surface area (Å²) in [6.07, 6.45) is 12.0. The summed E-state index contributed by atoms with van der Waals surface area (Å²) < 4.78 is 18.3. The number of H-pyrrole nitrogens is 1. The molecule has 59 heavy (non-hydrogen) atoms. The first-order valence-electron chi connectivity index (χ1n) is 20.3. The second kappa shape index (κ2) is 15.6. The number of fused-ring (bicyclic) bond motifs is 4. The maximum absolute atomic E-state index is 13.1. The van der Waals surface area contributed by atoms with Gasteiger partial charge in [-0.1, -0.05) is 24.6 Å². The number of anilines is 1. The van der Waals surface area contributed by atoms with Gasteiger partial charge < -0.3 is 34.3 Å². The highest BCUT2D eigenvalue weighted by molar-refractivity contribution is 6.07. The van der Waals surface area contributed by atoms with Crippen LogP contribution in [0, 0.1) is 11.8 Å². The third-order valence-electron chi connectivity index (χ3n) is 11.7. The van der Waals surface area contributed by atoms with Crippen LogP contribution in [-0.4, -0.2) is 80.7 Å². The Hall–Kier alpha value is -6.71. The number of hydrogen-bond acceptors (Lipinski definition) is 9. The highest BCUT2D eigenvalue weighted by Gasteiger charge is 2.39. The van der Waals surface area contributed by atoms with Crippen LogP contribution >= 0.6 is 0 Å². The average Bonchev–Trinajstić information content (AvgIpc) is 3.76. The van der Waals surface area contributed by atoms with Crippen molar-refractivity contribution in [3.63, 3.8) is 0 Å². The number of benzene rings is 2. The van der Waals surface area contributed by atoms with Crippen molar-refractivity contribution in [2.75, 3.05) is 24.6 Å². The molecular weight excluding hydrogens is 743 g/mol. The van der Waals surface area contributed by atoms with Crippen molar-refractivity contribution >= 4 is 39.3 Å². The molecule has 296 valence electrons. The standard InChI is InChI=1S/C47H43N7O5/c1-29-6-14-44(46(55)51-29)54-26-32-19-34(10-13-39(32)47(54)56)53-27-38(28-53)57-18-4-2-3-5-33-9-11-35(24-49-33)58-36-21-37(22-36)59-45-15-8-31(23-50-45)30-7-12-40-41-25-48-17-16-42(41)52-43(40)20-30/h7-13,15-17,19-20,23-25,36-38,44,52H,1-2,4,6,14,18,21-22,26-28H2,(H,51,55). The Morgan fingerprint density at radius 2 is 1.73 bits per heavy atom. The number of ether oxygens (including phenoxy) is 3. The molecule has 2 N–H and O–H groups in total. The molecule has 2 amide bonds. The molecule has 1 saturated carbocycles. The van der Waals surface area contributed by atoms with Crippen LogP contribution in [0.5, 0.6) is 11.6 Å². The summed E-state index contributed by atoms with van der Waals surface area (Å²) in [6, 6.07) is 21.7. The number of carbonyl (C=O) groups is 2. The Kier molecular flexibility index (Phi) is 9.66. The fourth-order valence-corrected chi connectivity index (χ4v) is 8.30. The fraction of sp³-hybridized carbons (Fsp3) is 0.298. The molecule has 0 bridgehead atoms. The molecule has 2 aromatic carbocycles. The number of allylic oxidation sites excluding steroid dienone is 1. The Bertz CT molecular complexity index is 2640. The van der Waals surface area contributed by atoms with Gasteiger partial charge in [0.2, 0.25) is 11.8 Å². The number of hydrogen-bond donors (Lipinski definition) is 2. The smallest absolute Gasteiger partial charge is 0.255 e. The van der Waals surface area contributed by atoms with E-state index in [-0.39, 0.29) is 30.1 Å². The molecule has 1 unspecified atom stereocenters. The molecule has 12 nitrogen and oxygen atoms in total. The minimum absolute atomic E-state index is 0.0605. The summed E-state index contributed by atoms with van der Waals surface area (Å²) in [5.74, 6) is 7.47. The van der Waals surface area contributed by atoms with Crippen LogP contribution in [0.15, 0.2) is 104 Å². The molecule has 0 spiro atoms. The molecule has 3 fully saturated rings. The van der Waals surface area contributed by atoms with Gasteiger partial charge in [0.15, 0.2) is 0 Å². The normalized spacial score (nSPS) is 20.1. The van der Waals surface area contributed by atoms with E-state index in [1.165, 1.54) is 0 Å². The van der Waals surface area contributed by atoms with Crippen LogP contribution < -0.4 is 19.7 Å². The minimum Gasteiger partial charge on any atom is -0.489 e. The number of amides is 2. The zero-order valence-electron chi connectivity index (χ0n) is 32.5. The molecule has 1 aliphatic carbocycles. The summed E-state index contributed by atoms with van der Waals surface area (Å²) in [6.45, 7) is 6.55. The van der Waals surface area contributed by atoms with E-state index in [0.29, 0.717) is 48.8 Å². The molecule has 4 aliphatic rings. The van der Waals surface area contributed by atoms with E-state index >= 15 is 0 Å². The van der Waals surface area contributed by atoms with E-state index in [0.717, 1.165) is 88.7 Å².